The molecule has 0 aromatic heterocycles. The molecule has 0 spiro atoms. The highest BCUT2D eigenvalue weighted by molar-refractivity contribution is 5.81. The molecule has 0 amide bonds. The third kappa shape index (κ3) is 5.02. The molecule has 0 aliphatic carbocycles. The van der Waals surface area contributed by atoms with Crippen LogP contribution in [0.4, 0.5) is 0 Å². The highest BCUT2D eigenvalue weighted by Crippen LogP contribution is 2.36. The zero-order chi connectivity index (χ0) is 15.2. The van der Waals surface area contributed by atoms with E-state index < -0.39 is 0 Å². The van der Waals surface area contributed by atoms with E-state index in [2.05, 4.69) is 46.8 Å². The van der Waals surface area contributed by atoms with E-state index in [0.29, 0.717) is 25.2 Å². The fourth-order valence-corrected chi connectivity index (χ4v) is 3.16. The topological polar surface area (TPSA) is 29.5 Å². The van der Waals surface area contributed by atoms with Crippen molar-refractivity contribution in [1.82, 2.24) is 5.06 Å². The lowest BCUT2D eigenvalue weighted by Gasteiger charge is -2.50. The van der Waals surface area contributed by atoms with Crippen LogP contribution in [-0.2, 0) is 9.63 Å². The number of hydrogen-bond acceptors (Lipinski definition) is 3. The van der Waals surface area contributed by atoms with E-state index in [1.807, 2.05) is 5.06 Å². The Kier molecular flexibility index (Phi) is 6.41. The molecule has 0 aromatic carbocycles. The Morgan fingerprint density at radius 3 is 2.25 bits per heavy atom. The Morgan fingerprint density at radius 2 is 1.70 bits per heavy atom. The highest BCUT2D eigenvalue weighted by atomic mass is 16.7. The third-order valence-corrected chi connectivity index (χ3v) is 3.80. The van der Waals surface area contributed by atoms with E-state index in [0.717, 1.165) is 6.42 Å². The first-order valence-electron chi connectivity index (χ1n) is 7.89. The van der Waals surface area contributed by atoms with Crippen LogP contribution >= 0.6 is 0 Å². The quantitative estimate of drug-likeness (QED) is 0.515. The lowest BCUT2D eigenvalue weighted by Crippen LogP contribution is -2.60. The lowest BCUT2D eigenvalue weighted by molar-refractivity contribution is -0.268. The molecule has 0 radical (unpaired) electrons. The summed E-state index contributed by atoms with van der Waals surface area (Å²) in [5.41, 5.74) is -0.455. The molecule has 1 rings (SSSR count). The predicted molar refractivity (Wildman–Crippen MR) is 83.5 cm³/mol. The van der Waals surface area contributed by atoms with Crippen molar-refractivity contribution in [3.8, 4) is 0 Å². The van der Waals surface area contributed by atoms with Gasteiger partial charge in [-0.15, -0.1) is 0 Å². The minimum absolute atomic E-state index is 0.227. The number of nitrogens with zero attached hydrogens (tertiary/aromatic N) is 1. The van der Waals surface area contributed by atoms with E-state index in [9.17, 15) is 4.79 Å². The average Bonchev–Trinajstić information content (AvgIpc) is 2.28. The average molecular weight is 281 g/mol. The van der Waals surface area contributed by atoms with Crippen LogP contribution in [0.1, 0.15) is 73.1 Å². The fraction of sp³-hybridized carbons (Fsp3) is 0.824. The van der Waals surface area contributed by atoms with Gasteiger partial charge >= 0.3 is 0 Å². The molecule has 3 nitrogen and oxygen atoms in total. The number of carbonyl (C=O) groups is 1. The van der Waals surface area contributed by atoms with E-state index in [1.165, 1.54) is 19.3 Å². The summed E-state index contributed by atoms with van der Waals surface area (Å²) >= 11 is 0. The summed E-state index contributed by atoms with van der Waals surface area (Å²) in [6.07, 6.45) is 10.4. The van der Waals surface area contributed by atoms with Crippen molar-refractivity contribution >= 4 is 5.78 Å². The number of hydrogen-bond donors (Lipinski definition) is 0. The molecule has 1 heterocycles. The number of rotatable bonds is 7. The Balaban J connectivity index is 2.46. The Labute approximate surface area is 124 Å². The zero-order valence-electron chi connectivity index (χ0n) is 13.9. The van der Waals surface area contributed by atoms with E-state index >= 15 is 0 Å². The van der Waals surface area contributed by atoms with Gasteiger partial charge in [-0.2, -0.15) is 5.06 Å². The summed E-state index contributed by atoms with van der Waals surface area (Å²) in [6.45, 7) is 11.1. The maximum Gasteiger partial charge on any atom is 0.136 e. The third-order valence-electron chi connectivity index (χ3n) is 3.80. The minimum Gasteiger partial charge on any atom is -0.300 e. The summed E-state index contributed by atoms with van der Waals surface area (Å²) in [6, 6.07) is 0. The monoisotopic (exact) mass is 281 g/mol. The zero-order valence-corrected chi connectivity index (χ0v) is 13.9. The molecule has 1 aliphatic heterocycles. The fourth-order valence-electron chi connectivity index (χ4n) is 3.16. The summed E-state index contributed by atoms with van der Waals surface area (Å²) in [5.74, 6) is 0.329. The molecule has 0 bridgehead atoms. The van der Waals surface area contributed by atoms with Crippen molar-refractivity contribution in [1.29, 1.82) is 0 Å². The molecule has 0 aromatic rings. The molecule has 1 saturated heterocycles. The van der Waals surface area contributed by atoms with Gasteiger partial charge in [0.2, 0.25) is 0 Å². The number of Topliss-reactive ketones (excluding diaryl/α,β-unsaturated/α-hetero) is 1. The predicted octanol–water partition coefficient (Wildman–Crippen LogP) is 4.28. The van der Waals surface area contributed by atoms with Crippen LogP contribution in [-0.4, -0.2) is 28.5 Å². The molecule has 0 saturated carbocycles. The molecule has 0 N–H and O–H groups in total. The van der Waals surface area contributed by atoms with Crippen LogP contribution in [0.2, 0.25) is 0 Å². The Bertz CT molecular complexity index is 325. The number of piperidine rings is 1. The lowest BCUT2D eigenvalue weighted by atomic mass is 9.81. The second kappa shape index (κ2) is 7.37. The van der Waals surface area contributed by atoms with Gasteiger partial charge in [0.15, 0.2) is 0 Å². The van der Waals surface area contributed by atoms with Crippen molar-refractivity contribution in [2.45, 2.75) is 84.2 Å². The minimum atomic E-state index is -0.227. The molecule has 0 atom stereocenters. The van der Waals surface area contributed by atoms with Crippen LogP contribution in [0.5, 0.6) is 0 Å². The Hall–Kier alpha value is -0.670. The molecule has 1 fully saturated rings. The number of ketones is 1. The second-order valence-corrected chi connectivity index (χ2v) is 7.07. The van der Waals surface area contributed by atoms with Gasteiger partial charge in [0.05, 0.1) is 6.61 Å². The summed E-state index contributed by atoms with van der Waals surface area (Å²) < 4.78 is 0. The second-order valence-electron chi connectivity index (χ2n) is 7.07. The molecule has 0 unspecified atom stereocenters. The van der Waals surface area contributed by atoms with Crippen LogP contribution in [0, 0.1) is 0 Å². The van der Waals surface area contributed by atoms with Crippen molar-refractivity contribution in [3.05, 3.63) is 12.2 Å². The van der Waals surface area contributed by atoms with Crippen molar-refractivity contribution in [2.24, 2.45) is 0 Å². The van der Waals surface area contributed by atoms with Gasteiger partial charge in [0.25, 0.3) is 0 Å². The number of hydroxylamine groups is 2. The first kappa shape index (κ1) is 17.4. The molecule has 1 aliphatic rings. The normalized spacial score (nSPS) is 22.6. The standard InChI is InChI=1S/C17H31NO2/c1-6-7-8-9-10-11-12-20-18-16(2,3)13-15(19)14-17(18,4)5/h10-11H,6-9,12-14H2,1-5H3/b11-10+. The van der Waals surface area contributed by atoms with Gasteiger partial charge in [0.1, 0.15) is 5.78 Å². The molecular weight excluding hydrogens is 250 g/mol. The molecule has 116 valence electrons. The summed E-state index contributed by atoms with van der Waals surface area (Å²) in [4.78, 5) is 17.8. The van der Waals surface area contributed by atoms with Gasteiger partial charge in [-0.05, 0) is 40.5 Å². The molecule has 20 heavy (non-hydrogen) atoms. The van der Waals surface area contributed by atoms with Crippen molar-refractivity contribution in [3.63, 3.8) is 0 Å². The van der Waals surface area contributed by atoms with Crippen LogP contribution in [0.25, 0.3) is 0 Å². The van der Waals surface area contributed by atoms with Gasteiger partial charge in [0, 0.05) is 23.9 Å². The van der Waals surface area contributed by atoms with Gasteiger partial charge in [-0.1, -0.05) is 31.9 Å². The molecular formula is C17H31NO2. The van der Waals surface area contributed by atoms with Crippen molar-refractivity contribution < 1.29 is 9.63 Å². The van der Waals surface area contributed by atoms with E-state index in [4.69, 9.17) is 4.84 Å². The number of unbranched alkanes of at least 4 members (excludes halogenated alkanes) is 3. The first-order chi connectivity index (χ1) is 9.29. The maximum atomic E-state index is 11.8. The largest absolute Gasteiger partial charge is 0.300 e. The molecule has 3 heteroatoms. The summed E-state index contributed by atoms with van der Waals surface area (Å²) in [7, 11) is 0. The summed E-state index contributed by atoms with van der Waals surface area (Å²) in [5, 5.41) is 2.03. The first-order valence-corrected chi connectivity index (χ1v) is 7.89. The van der Waals surface area contributed by atoms with Crippen molar-refractivity contribution in [2.75, 3.05) is 6.61 Å². The highest BCUT2D eigenvalue weighted by Gasteiger charge is 2.45. The van der Waals surface area contributed by atoms with Gasteiger partial charge < -0.3 is 0 Å². The maximum absolute atomic E-state index is 11.8. The van der Waals surface area contributed by atoms with Crippen LogP contribution in [0.3, 0.4) is 0 Å². The van der Waals surface area contributed by atoms with Crippen LogP contribution < -0.4 is 0 Å². The number of carbonyl (C=O) groups excluding carboxylic acids is 1. The van der Waals surface area contributed by atoms with Crippen LogP contribution in [0.15, 0.2) is 12.2 Å². The SMILES string of the molecule is CCCCC/C=C/CON1C(C)(C)CC(=O)CC1(C)C. The van der Waals surface area contributed by atoms with Gasteiger partial charge in [-0.25, -0.2) is 0 Å². The van der Waals surface area contributed by atoms with E-state index in [-0.39, 0.29) is 11.1 Å². The number of allylic oxidation sites excluding steroid dienone is 1. The Morgan fingerprint density at radius 1 is 1.10 bits per heavy atom. The van der Waals surface area contributed by atoms with E-state index in [1.54, 1.807) is 0 Å². The van der Waals surface area contributed by atoms with Gasteiger partial charge in [-0.3, -0.25) is 9.63 Å². The smallest absolute Gasteiger partial charge is 0.136 e.